The van der Waals surface area contributed by atoms with E-state index >= 15 is 0 Å². The van der Waals surface area contributed by atoms with E-state index in [-0.39, 0.29) is 6.04 Å². The highest BCUT2D eigenvalue weighted by Crippen LogP contribution is 2.30. The van der Waals surface area contributed by atoms with E-state index in [0.29, 0.717) is 0 Å². The summed E-state index contributed by atoms with van der Waals surface area (Å²) in [6.07, 6.45) is 1.99. The summed E-state index contributed by atoms with van der Waals surface area (Å²) in [6.45, 7) is 7.35. The fourth-order valence-corrected chi connectivity index (χ4v) is 3.88. The van der Waals surface area contributed by atoms with Crippen molar-refractivity contribution in [3.8, 4) is 0 Å². The fraction of sp³-hybridized carbons (Fsp3) is 0.438. The van der Waals surface area contributed by atoms with Crippen LogP contribution in [0.15, 0.2) is 22.7 Å². The van der Waals surface area contributed by atoms with Gasteiger partial charge in [-0.25, -0.2) is 4.98 Å². The van der Waals surface area contributed by atoms with E-state index in [1.54, 1.807) is 11.3 Å². The number of aryl methyl sites for hydroxylation is 2. The molecule has 5 heteroatoms. The standard InChI is InChI=1S/C16H20BrClN2S/c1-4-7-19-15(9-16-20-10(2)11(3)21-16)13-8-12(18)5-6-14(13)17/h5-6,8,15,19H,4,7,9H2,1-3H3. The molecule has 1 atom stereocenters. The van der Waals surface area contributed by atoms with Gasteiger partial charge in [-0.15, -0.1) is 11.3 Å². The first kappa shape index (κ1) is 16.9. The molecule has 21 heavy (non-hydrogen) atoms. The molecule has 0 aliphatic carbocycles. The minimum absolute atomic E-state index is 0.225. The Morgan fingerprint density at radius 2 is 2.14 bits per heavy atom. The molecule has 2 nitrogen and oxygen atoms in total. The van der Waals surface area contributed by atoms with Crippen molar-refractivity contribution in [1.82, 2.24) is 10.3 Å². The Balaban J connectivity index is 2.27. The largest absolute Gasteiger partial charge is 0.310 e. The number of hydrogen-bond donors (Lipinski definition) is 1. The number of hydrogen-bond acceptors (Lipinski definition) is 3. The first-order valence-corrected chi connectivity index (χ1v) is 9.11. The molecule has 1 N–H and O–H groups in total. The summed E-state index contributed by atoms with van der Waals surface area (Å²) in [5.74, 6) is 0. The van der Waals surface area contributed by atoms with E-state index in [1.165, 1.54) is 15.4 Å². The number of halogens is 2. The molecule has 0 radical (unpaired) electrons. The zero-order chi connectivity index (χ0) is 15.4. The Kier molecular flexibility index (Phi) is 6.23. The van der Waals surface area contributed by atoms with E-state index in [2.05, 4.69) is 47.0 Å². The van der Waals surface area contributed by atoms with Crippen molar-refractivity contribution < 1.29 is 0 Å². The van der Waals surface area contributed by atoms with E-state index in [4.69, 9.17) is 11.6 Å². The van der Waals surface area contributed by atoms with Crippen LogP contribution < -0.4 is 5.32 Å². The summed E-state index contributed by atoms with van der Waals surface area (Å²) in [6, 6.07) is 6.18. The van der Waals surface area contributed by atoms with Crippen molar-refractivity contribution in [2.75, 3.05) is 6.54 Å². The van der Waals surface area contributed by atoms with Gasteiger partial charge < -0.3 is 5.32 Å². The van der Waals surface area contributed by atoms with Gasteiger partial charge in [0.25, 0.3) is 0 Å². The number of rotatable bonds is 6. The maximum atomic E-state index is 6.17. The van der Waals surface area contributed by atoms with Crippen LogP contribution in [0.4, 0.5) is 0 Å². The molecule has 114 valence electrons. The van der Waals surface area contributed by atoms with Crippen molar-refractivity contribution in [1.29, 1.82) is 0 Å². The van der Waals surface area contributed by atoms with E-state index in [9.17, 15) is 0 Å². The lowest BCUT2D eigenvalue weighted by atomic mass is 10.0. The second kappa shape index (κ2) is 7.73. The van der Waals surface area contributed by atoms with Gasteiger partial charge in [0.05, 0.1) is 10.7 Å². The molecule has 0 amide bonds. The van der Waals surface area contributed by atoms with E-state index in [1.807, 2.05) is 18.2 Å². The summed E-state index contributed by atoms with van der Waals surface area (Å²) >= 11 is 11.6. The highest BCUT2D eigenvalue weighted by Gasteiger charge is 2.17. The number of aromatic nitrogens is 1. The number of benzene rings is 1. The molecule has 0 aliphatic heterocycles. The first-order chi connectivity index (χ1) is 10.0. The highest BCUT2D eigenvalue weighted by atomic mass is 79.9. The van der Waals surface area contributed by atoms with Gasteiger partial charge in [-0.05, 0) is 50.6 Å². The number of nitrogens with one attached hydrogen (secondary N) is 1. The van der Waals surface area contributed by atoms with Crippen LogP contribution in [0.1, 0.15) is 40.5 Å². The van der Waals surface area contributed by atoms with Gasteiger partial charge in [0.2, 0.25) is 0 Å². The van der Waals surface area contributed by atoms with Gasteiger partial charge in [0.15, 0.2) is 0 Å². The number of nitrogens with zero attached hydrogens (tertiary/aromatic N) is 1. The maximum Gasteiger partial charge on any atom is 0.0949 e. The summed E-state index contributed by atoms with van der Waals surface area (Å²) in [4.78, 5) is 5.96. The molecule has 0 fully saturated rings. The molecule has 2 rings (SSSR count). The molecule has 2 aromatic rings. The molecule has 0 saturated heterocycles. The molecule has 0 saturated carbocycles. The lowest BCUT2D eigenvalue weighted by molar-refractivity contribution is 0.526. The van der Waals surface area contributed by atoms with Gasteiger partial charge in [-0.1, -0.05) is 34.5 Å². The SMILES string of the molecule is CCCNC(Cc1nc(C)c(C)s1)c1cc(Cl)ccc1Br. The third-order valence-electron chi connectivity index (χ3n) is 3.43. The third-order valence-corrected chi connectivity index (χ3v) is 5.48. The molecule has 0 aliphatic rings. The zero-order valence-corrected chi connectivity index (χ0v) is 15.7. The first-order valence-electron chi connectivity index (χ1n) is 7.12. The smallest absolute Gasteiger partial charge is 0.0949 e. The van der Waals surface area contributed by atoms with Crippen LogP contribution in [0.25, 0.3) is 0 Å². The molecule has 1 aromatic heterocycles. The molecule has 1 heterocycles. The fourth-order valence-electron chi connectivity index (χ4n) is 2.19. The van der Waals surface area contributed by atoms with Crippen LogP contribution in [0.2, 0.25) is 5.02 Å². The Morgan fingerprint density at radius 3 is 2.76 bits per heavy atom. The average molecular weight is 388 g/mol. The van der Waals surface area contributed by atoms with Crippen LogP contribution in [-0.4, -0.2) is 11.5 Å². The topological polar surface area (TPSA) is 24.9 Å². The van der Waals surface area contributed by atoms with Gasteiger partial charge in [-0.2, -0.15) is 0 Å². The second-order valence-electron chi connectivity index (χ2n) is 5.13. The van der Waals surface area contributed by atoms with Gasteiger partial charge >= 0.3 is 0 Å². The average Bonchev–Trinajstić information content (AvgIpc) is 2.76. The van der Waals surface area contributed by atoms with Crippen LogP contribution in [0.5, 0.6) is 0 Å². The molecular formula is C16H20BrClN2S. The third kappa shape index (κ3) is 4.52. The quantitative estimate of drug-likeness (QED) is 0.712. The van der Waals surface area contributed by atoms with Crippen molar-refractivity contribution >= 4 is 38.9 Å². The molecule has 1 unspecified atom stereocenters. The Morgan fingerprint density at radius 1 is 1.38 bits per heavy atom. The van der Waals surface area contributed by atoms with Crippen molar-refractivity contribution in [3.63, 3.8) is 0 Å². The van der Waals surface area contributed by atoms with Crippen LogP contribution in [0.3, 0.4) is 0 Å². The monoisotopic (exact) mass is 386 g/mol. The van der Waals surface area contributed by atoms with Gasteiger partial charge in [-0.3, -0.25) is 0 Å². The van der Waals surface area contributed by atoms with E-state index in [0.717, 1.165) is 34.6 Å². The molecule has 1 aromatic carbocycles. The Labute approximate surface area is 144 Å². The minimum atomic E-state index is 0.225. The van der Waals surface area contributed by atoms with Crippen molar-refractivity contribution in [2.24, 2.45) is 0 Å². The summed E-state index contributed by atoms with van der Waals surface area (Å²) in [5, 5.41) is 5.55. The second-order valence-corrected chi connectivity index (χ2v) is 7.70. The van der Waals surface area contributed by atoms with Crippen LogP contribution in [-0.2, 0) is 6.42 Å². The van der Waals surface area contributed by atoms with Gasteiger partial charge in [0, 0.05) is 26.8 Å². The Bertz CT molecular complexity index is 593. The van der Waals surface area contributed by atoms with Crippen molar-refractivity contribution in [3.05, 3.63) is 48.8 Å². The predicted octanol–water partition coefficient (Wildman–Crippen LogP) is 5.46. The molecular weight excluding hydrogens is 368 g/mol. The predicted molar refractivity (Wildman–Crippen MR) is 95.5 cm³/mol. The van der Waals surface area contributed by atoms with Crippen molar-refractivity contribution in [2.45, 2.75) is 39.7 Å². The summed E-state index contributed by atoms with van der Waals surface area (Å²) in [7, 11) is 0. The summed E-state index contributed by atoms with van der Waals surface area (Å²) < 4.78 is 1.09. The highest BCUT2D eigenvalue weighted by molar-refractivity contribution is 9.10. The number of thiazole rings is 1. The van der Waals surface area contributed by atoms with Gasteiger partial charge in [0.1, 0.15) is 0 Å². The molecule has 0 spiro atoms. The maximum absolute atomic E-state index is 6.17. The van der Waals surface area contributed by atoms with Crippen LogP contribution >= 0.6 is 38.9 Å². The molecule has 0 bridgehead atoms. The lowest BCUT2D eigenvalue weighted by Gasteiger charge is -2.19. The van der Waals surface area contributed by atoms with E-state index < -0.39 is 0 Å². The van der Waals surface area contributed by atoms with Crippen LogP contribution in [0, 0.1) is 13.8 Å². The zero-order valence-electron chi connectivity index (χ0n) is 12.5. The summed E-state index contributed by atoms with van der Waals surface area (Å²) in [5.41, 5.74) is 2.33. The minimum Gasteiger partial charge on any atom is -0.310 e. The normalized spacial score (nSPS) is 12.6. The Hall–Kier alpha value is -0.420. The lowest BCUT2D eigenvalue weighted by Crippen LogP contribution is -2.24.